The summed E-state index contributed by atoms with van der Waals surface area (Å²) >= 11 is 0. The number of hydrogen-bond donors (Lipinski definition) is 2. The first-order valence-electron chi connectivity index (χ1n) is 4.83. The molecule has 2 atom stereocenters. The van der Waals surface area contributed by atoms with Crippen LogP contribution in [0.1, 0.15) is 12.5 Å². The van der Waals surface area contributed by atoms with Gasteiger partial charge in [-0.05, 0) is 12.5 Å². The molecule has 5 heteroatoms. The van der Waals surface area contributed by atoms with Gasteiger partial charge in [0.2, 0.25) is 0 Å². The van der Waals surface area contributed by atoms with Crippen molar-refractivity contribution in [3.8, 4) is 0 Å². The minimum Gasteiger partial charge on any atom is -0.460 e. The second-order valence-electron chi connectivity index (χ2n) is 3.48. The van der Waals surface area contributed by atoms with Crippen LogP contribution < -0.4 is 11.5 Å². The molecule has 1 aromatic rings. The Labute approximate surface area is 101 Å². The van der Waals surface area contributed by atoms with Crippen LogP contribution in [0.5, 0.6) is 0 Å². The van der Waals surface area contributed by atoms with Crippen LogP contribution in [0.3, 0.4) is 0 Å². The first-order valence-corrected chi connectivity index (χ1v) is 4.83. The molecule has 0 aromatic heterocycles. The van der Waals surface area contributed by atoms with E-state index in [1.807, 2.05) is 30.3 Å². The molecular weight excluding hydrogens is 228 g/mol. The Morgan fingerprint density at radius 3 is 2.38 bits per heavy atom. The molecule has 0 amide bonds. The largest absolute Gasteiger partial charge is 0.460 e. The topological polar surface area (TPSA) is 78.3 Å². The van der Waals surface area contributed by atoms with E-state index in [0.29, 0.717) is 0 Å². The summed E-state index contributed by atoms with van der Waals surface area (Å²) in [5.74, 6) is -0.464. The van der Waals surface area contributed by atoms with Crippen molar-refractivity contribution in [2.24, 2.45) is 11.5 Å². The highest BCUT2D eigenvalue weighted by atomic mass is 35.5. The Bertz CT molecular complexity index is 317. The van der Waals surface area contributed by atoms with Crippen molar-refractivity contribution < 1.29 is 9.53 Å². The minimum absolute atomic E-state index is 0. The van der Waals surface area contributed by atoms with Gasteiger partial charge in [-0.15, -0.1) is 12.4 Å². The van der Waals surface area contributed by atoms with Crippen LogP contribution in [0.15, 0.2) is 30.3 Å². The highest BCUT2D eigenvalue weighted by Gasteiger charge is 2.18. The van der Waals surface area contributed by atoms with Crippen LogP contribution in [-0.2, 0) is 16.1 Å². The van der Waals surface area contributed by atoms with Gasteiger partial charge in [0.25, 0.3) is 0 Å². The molecule has 1 unspecified atom stereocenters. The van der Waals surface area contributed by atoms with Gasteiger partial charge in [-0.1, -0.05) is 30.3 Å². The van der Waals surface area contributed by atoms with Gasteiger partial charge < -0.3 is 16.2 Å². The summed E-state index contributed by atoms with van der Waals surface area (Å²) in [6, 6.07) is 8.28. The van der Waals surface area contributed by atoms with Crippen LogP contribution in [0.4, 0.5) is 0 Å². The van der Waals surface area contributed by atoms with E-state index in [2.05, 4.69) is 0 Å². The summed E-state index contributed by atoms with van der Waals surface area (Å²) in [6.45, 7) is 1.91. The van der Waals surface area contributed by atoms with Crippen molar-refractivity contribution >= 4 is 18.4 Å². The molecule has 0 aliphatic carbocycles. The average Bonchev–Trinajstić information content (AvgIpc) is 2.26. The standard InChI is InChI=1S/C11H16N2O2.ClH/c1-8(12)10(13)11(14)15-7-9-5-3-2-4-6-9;/h2-6,8,10H,7,12-13H2,1H3;1H/t8?,10-;/m0./s1. The molecule has 0 aliphatic heterocycles. The maximum absolute atomic E-state index is 11.3. The molecule has 0 spiro atoms. The zero-order valence-corrected chi connectivity index (χ0v) is 9.94. The fourth-order valence-electron chi connectivity index (χ4n) is 1.04. The van der Waals surface area contributed by atoms with Gasteiger partial charge >= 0.3 is 5.97 Å². The lowest BCUT2D eigenvalue weighted by Gasteiger charge is -2.14. The Hall–Kier alpha value is -1.10. The fourth-order valence-corrected chi connectivity index (χ4v) is 1.04. The summed E-state index contributed by atoms with van der Waals surface area (Å²) in [6.07, 6.45) is 0. The van der Waals surface area contributed by atoms with Gasteiger partial charge in [-0.3, -0.25) is 4.79 Å². The third-order valence-electron chi connectivity index (χ3n) is 2.06. The molecule has 0 bridgehead atoms. The zero-order chi connectivity index (χ0) is 11.3. The summed E-state index contributed by atoms with van der Waals surface area (Å²) in [5.41, 5.74) is 11.9. The SMILES string of the molecule is CC(N)[C@H](N)C(=O)OCc1ccccc1.Cl. The molecule has 0 heterocycles. The average molecular weight is 245 g/mol. The van der Waals surface area contributed by atoms with Crippen molar-refractivity contribution in [1.29, 1.82) is 0 Å². The first-order chi connectivity index (χ1) is 7.11. The molecule has 0 saturated carbocycles. The minimum atomic E-state index is -0.756. The molecule has 16 heavy (non-hydrogen) atoms. The Kier molecular flexibility index (Phi) is 6.72. The van der Waals surface area contributed by atoms with Crippen molar-refractivity contribution in [1.82, 2.24) is 0 Å². The zero-order valence-electron chi connectivity index (χ0n) is 9.13. The number of esters is 1. The lowest BCUT2D eigenvalue weighted by atomic mass is 10.2. The van der Waals surface area contributed by atoms with Crippen molar-refractivity contribution in [3.05, 3.63) is 35.9 Å². The number of ether oxygens (including phenoxy) is 1. The van der Waals surface area contributed by atoms with E-state index in [-0.39, 0.29) is 19.0 Å². The lowest BCUT2D eigenvalue weighted by molar-refractivity contribution is -0.146. The van der Waals surface area contributed by atoms with Crippen molar-refractivity contribution in [2.45, 2.75) is 25.6 Å². The lowest BCUT2D eigenvalue weighted by Crippen LogP contribution is -2.46. The van der Waals surface area contributed by atoms with E-state index in [1.54, 1.807) is 6.92 Å². The van der Waals surface area contributed by atoms with E-state index in [9.17, 15) is 4.79 Å². The number of nitrogens with two attached hydrogens (primary N) is 2. The van der Waals surface area contributed by atoms with Crippen LogP contribution in [0.2, 0.25) is 0 Å². The fraction of sp³-hybridized carbons (Fsp3) is 0.364. The van der Waals surface area contributed by atoms with Gasteiger partial charge in [0, 0.05) is 6.04 Å². The smallest absolute Gasteiger partial charge is 0.324 e. The molecule has 1 aromatic carbocycles. The number of carbonyl (C=O) groups excluding carboxylic acids is 1. The highest BCUT2D eigenvalue weighted by Crippen LogP contribution is 2.01. The highest BCUT2D eigenvalue weighted by molar-refractivity contribution is 5.85. The quantitative estimate of drug-likeness (QED) is 0.769. The van der Waals surface area contributed by atoms with E-state index < -0.39 is 18.1 Å². The Balaban J connectivity index is 0.00000225. The molecule has 4 N–H and O–H groups in total. The second-order valence-corrected chi connectivity index (χ2v) is 3.48. The molecule has 0 saturated heterocycles. The summed E-state index contributed by atoms with van der Waals surface area (Å²) < 4.78 is 5.01. The number of rotatable bonds is 4. The number of hydrogen-bond acceptors (Lipinski definition) is 4. The third kappa shape index (κ3) is 4.61. The normalized spacial score (nSPS) is 13.4. The van der Waals surface area contributed by atoms with E-state index in [0.717, 1.165) is 5.56 Å². The maximum Gasteiger partial charge on any atom is 0.324 e. The molecular formula is C11H17ClN2O2. The number of carbonyl (C=O) groups is 1. The predicted molar refractivity (Wildman–Crippen MR) is 65.1 cm³/mol. The summed E-state index contributed by atoms with van der Waals surface area (Å²) in [5, 5.41) is 0. The van der Waals surface area contributed by atoms with Crippen LogP contribution >= 0.6 is 12.4 Å². The monoisotopic (exact) mass is 244 g/mol. The first kappa shape index (κ1) is 14.9. The van der Waals surface area contributed by atoms with Gasteiger partial charge in [0.1, 0.15) is 12.6 Å². The van der Waals surface area contributed by atoms with E-state index in [1.165, 1.54) is 0 Å². The van der Waals surface area contributed by atoms with Crippen LogP contribution in [0, 0.1) is 0 Å². The van der Waals surface area contributed by atoms with Gasteiger partial charge in [-0.2, -0.15) is 0 Å². The van der Waals surface area contributed by atoms with Gasteiger partial charge in [0.05, 0.1) is 0 Å². The van der Waals surface area contributed by atoms with E-state index >= 15 is 0 Å². The molecule has 0 fully saturated rings. The summed E-state index contributed by atoms with van der Waals surface area (Å²) in [4.78, 5) is 11.3. The van der Waals surface area contributed by atoms with Gasteiger partial charge in [-0.25, -0.2) is 0 Å². The van der Waals surface area contributed by atoms with Crippen LogP contribution in [-0.4, -0.2) is 18.1 Å². The molecule has 1 rings (SSSR count). The molecule has 0 radical (unpaired) electrons. The van der Waals surface area contributed by atoms with Crippen LogP contribution in [0.25, 0.3) is 0 Å². The Morgan fingerprint density at radius 2 is 1.88 bits per heavy atom. The van der Waals surface area contributed by atoms with Gasteiger partial charge in [0.15, 0.2) is 0 Å². The summed E-state index contributed by atoms with van der Waals surface area (Å²) in [7, 11) is 0. The predicted octanol–water partition coefficient (Wildman–Crippen LogP) is 0.826. The number of halogens is 1. The number of benzene rings is 1. The Morgan fingerprint density at radius 1 is 1.31 bits per heavy atom. The second kappa shape index (κ2) is 7.22. The molecule has 90 valence electrons. The molecule has 0 aliphatic rings. The molecule has 4 nitrogen and oxygen atoms in total. The van der Waals surface area contributed by atoms with Crippen molar-refractivity contribution in [2.75, 3.05) is 0 Å². The third-order valence-corrected chi connectivity index (χ3v) is 2.06. The van der Waals surface area contributed by atoms with Crippen molar-refractivity contribution in [3.63, 3.8) is 0 Å². The maximum atomic E-state index is 11.3. The van der Waals surface area contributed by atoms with E-state index in [4.69, 9.17) is 16.2 Å².